The molecule has 0 aromatic rings. The van der Waals surface area contributed by atoms with Crippen molar-refractivity contribution in [2.75, 3.05) is 13.2 Å². The highest BCUT2D eigenvalue weighted by molar-refractivity contribution is 5.95. The number of carbonyl (C=O) groups excluding carboxylic acids is 1. The molecular weight excluding hydrogens is 290 g/mol. The van der Waals surface area contributed by atoms with E-state index >= 15 is 0 Å². The average molecular weight is 304 g/mol. The Kier molecular flexibility index (Phi) is 2.89. The molecule has 0 spiro atoms. The molecule has 3 aliphatic heterocycles. The van der Waals surface area contributed by atoms with Crippen molar-refractivity contribution in [1.29, 1.82) is 0 Å². The first-order chi connectivity index (χ1) is 9.74. The quantitative estimate of drug-likeness (QED) is 0.586. The molecular formula is C12H14F2N2O5. The number of hydrogen-bond acceptors (Lipinski definition) is 6. The number of amides is 1. The number of piperazine rings is 1. The molecule has 21 heavy (non-hydrogen) atoms. The molecule has 9 heteroatoms. The Morgan fingerprint density at radius 2 is 2.10 bits per heavy atom. The summed E-state index contributed by atoms with van der Waals surface area (Å²) in [5.74, 6) is -5.37. The van der Waals surface area contributed by atoms with Crippen LogP contribution in [0, 0.1) is 0 Å². The first-order valence-corrected chi connectivity index (χ1v) is 6.34. The highest BCUT2D eigenvalue weighted by atomic mass is 19.3. The van der Waals surface area contributed by atoms with Crippen molar-refractivity contribution < 1.29 is 33.6 Å². The topological polar surface area (TPSA) is 93.5 Å². The van der Waals surface area contributed by atoms with Gasteiger partial charge in [-0.15, -0.1) is 0 Å². The van der Waals surface area contributed by atoms with Gasteiger partial charge in [0, 0.05) is 6.20 Å². The van der Waals surface area contributed by atoms with Crippen molar-refractivity contribution in [2.24, 2.45) is 0 Å². The maximum absolute atomic E-state index is 13.7. The lowest BCUT2D eigenvalue weighted by atomic mass is 10.0. The third kappa shape index (κ3) is 1.88. The Hall–Kier alpha value is -1.87. The first-order valence-electron chi connectivity index (χ1n) is 6.34. The zero-order valence-corrected chi connectivity index (χ0v) is 11.0. The van der Waals surface area contributed by atoms with Gasteiger partial charge in [0.2, 0.25) is 0 Å². The number of carbonyl (C=O) groups is 1. The summed E-state index contributed by atoms with van der Waals surface area (Å²) >= 11 is 0. The first kappa shape index (κ1) is 14.1. The van der Waals surface area contributed by atoms with E-state index in [0.29, 0.717) is 0 Å². The van der Waals surface area contributed by atoms with E-state index in [1.165, 1.54) is 11.8 Å². The van der Waals surface area contributed by atoms with Gasteiger partial charge in [-0.1, -0.05) is 0 Å². The molecule has 0 saturated carbocycles. The van der Waals surface area contributed by atoms with E-state index in [2.05, 4.69) is 0 Å². The summed E-state index contributed by atoms with van der Waals surface area (Å²) in [7, 11) is 0. The number of hydrogen-bond donors (Lipinski definition) is 3. The van der Waals surface area contributed by atoms with Gasteiger partial charge in [-0.25, -0.2) is 8.78 Å². The molecule has 3 rings (SSSR count). The highest BCUT2D eigenvalue weighted by Gasteiger charge is 2.54. The number of rotatable bonds is 0. The second-order valence-corrected chi connectivity index (χ2v) is 5.26. The minimum absolute atomic E-state index is 0.0255. The van der Waals surface area contributed by atoms with Crippen LogP contribution in [0.5, 0.6) is 0 Å². The molecule has 7 nitrogen and oxygen atoms in total. The number of aliphatic hydroxyl groups excluding tert-OH is 3. The summed E-state index contributed by atoms with van der Waals surface area (Å²) in [4.78, 5) is 14.4. The van der Waals surface area contributed by atoms with Crippen molar-refractivity contribution in [2.45, 2.75) is 31.2 Å². The molecule has 3 N–H and O–H groups in total. The number of alkyl halides is 2. The lowest BCUT2D eigenvalue weighted by Gasteiger charge is -2.50. The molecule has 2 fully saturated rings. The molecule has 1 unspecified atom stereocenters. The molecule has 3 atom stereocenters. The fourth-order valence-corrected chi connectivity index (χ4v) is 2.69. The maximum Gasteiger partial charge on any atom is 0.290 e. The molecule has 0 aromatic carbocycles. The van der Waals surface area contributed by atoms with E-state index in [-0.39, 0.29) is 12.2 Å². The van der Waals surface area contributed by atoms with Gasteiger partial charge in [-0.2, -0.15) is 0 Å². The summed E-state index contributed by atoms with van der Waals surface area (Å²) in [6, 6.07) is -1.40. The van der Waals surface area contributed by atoms with Crippen LogP contribution >= 0.6 is 0 Å². The molecule has 3 aliphatic rings. The van der Waals surface area contributed by atoms with Crippen LogP contribution in [0.2, 0.25) is 0 Å². The van der Waals surface area contributed by atoms with Gasteiger partial charge in [0.25, 0.3) is 11.8 Å². The van der Waals surface area contributed by atoms with Crippen LogP contribution in [0.1, 0.15) is 6.92 Å². The third-order valence-corrected chi connectivity index (χ3v) is 3.95. The number of aliphatic hydroxyl groups is 3. The zero-order valence-electron chi connectivity index (χ0n) is 11.0. The van der Waals surface area contributed by atoms with Crippen LogP contribution in [0.15, 0.2) is 23.4 Å². The fourth-order valence-electron chi connectivity index (χ4n) is 2.69. The van der Waals surface area contributed by atoms with Crippen LogP contribution in [0.4, 0.5) is 8.78 Å². The van der Waals surface area contributed by atoms with Crippen LogP contribution < -0.4 is 0 Å². The highest BCUT2D eigenvalue weighted by Crippen LogP contribution is 2.37. The SMILES string of the molecule is C[C@H]1N2C(=O)C3=C(O)C(O)C(O)=CN3C[C@@H]2OCC1(F)F. The maximum atomic E-state index is 13.7. The van der Waals surface area contributed by atoms with Gasteiger partial charge >= 0.3 is 0 Å². The number of halogens is 2. The Bertz CT molecular complexity index is 562. The zero-order chi connectivity index (χ0) is 15.5. The van der Waals surface area contributed by atoms with Crippen molar-refractivity contribution >= 4 is 5.91 Å². The fraction of sp³-hybridized carbons (Fsp3) is 0.583. The van der Waals surface area contributed by atoms with E-state index in [9.17, 15) is 28.9 Å². The molecule has 0 radical (unpaired) electrons. The van der Waals surface area contributed by atoms with Gasteiger partial charge in [0.05, 0.1) is 12.6 Å². The Morgan fingerprint density at radius 1 is 1.43 bits per heavy atom. The van der Waals surface area contributed by atoms with Crippen molar-refractivity contribution in [3.05, 3.63) is 23.4 Å². The summed E-state index contributed by atoms with van der Waals surface area (Å²) < 4.78 is 32.4. The second kappa shape index (κ2) is 4.31. The standard InChI is InChI=1S/C12H14F2N2O5/c1-5-12(13,14)4-21-7-3-15-2-6(17)9(18)10(19)8(15)11(20)16(5)7/h2,5,7,9,17-19H,3-4H2,1H3/t5-,7+,9?/m1/s1. The minimum Gasteiger partial charge on any atom is -0.508 e. The van der Waals surface area contributed by atoms with Crippen LogP contribution in [-0.4, -0.2) is 68.5 Å². The molecule has 3 heterocycles. The van der Waals surface area contributed by atoms with Crippen molar-refractivity contribution in [1.82, 2.24) is 9.80 Å². The van der Waals surface area contributed by atoms with Gasteiger partial charge in [-0.3, -0.25) is 4.79 Å². The summed E-state index contributed by atoms with van der Waals surface area (Å²) in [6.45, 7) is 0.370. The molecule has 0 aromatic heterocycles. The van der Waals surface area contributed by atoms with Crippen LogP contribution in [0.25, 0.3) is 0 Å². The Balaban J connectivity index is 2.01. The van der Waals surface area contributed by atoms with E-state index in [0.717, 1.165) is 11.1 Å². The predicted octanol–water partition coefficient (Wildman–Crippen LogP) is 0.0542. The Labute approximate surface area is 118 Å². The van der Waals surface area contributed by atoms with Gasteiger partial charge < -0.3 is 29.9 Å². The summed E-state index contributed by atoms with van der Waals surface area (Å²) in [6.07, 6.45) is -1.57. The van der Waals surface area contributed by atoms with E-state index in [4.69, 9.17) is 4.74 Å². The van der Waals surface area contributed by atoms with E-state index < -0.39 is 48.3 Å². The molecule has 2 saturated heterocycles. The van der Waals surface area contributed by atoms with Crippen molar-refractivity contribution in [3.63, 3.8) is 0 Å². The number of nitrogens with zero attached hydrogens (tertiary/aromatic N) is 2. The lowest BCUT2D eigenvalue weighted by Crippen LogP contribution is -2.67. The lowest BCUT2D eigenvalue weighted by molar-refractivity contribution is -0.238. The Morgan fingerprint density at radius 3 is 2.76 bits per heavy atom. The molecule has 116 valence electrons. The van der Waals surface area contributed by atoms with E-state index in [1.807, 2.05) is 0 Å². The normalized spacial score (nSPS) is 35.3. The van der Waals surface area contributed by atoms with Gasteiger partial charge in [0.1, 0.15) is 18.1 Å². The van der Waals surface area contributed by atoms with Crippen LogP contribution in [-0.2, 0) is 9.53 Å². The number of ether oxygens (including phenoxy) is 1. The summed E-state index contributed by atoms with van der Waals surface area (Å²) in [5, 5.41) is 28.9. The van der Waals surface area contributed by atoms with E-state index in [1.54, 1.807) is 0 Å². The van der Waals surface area contributed by atoms with Gasteiger partial charge in [0.15, 0.2) is 18.1 Å². The summed E-state index contributed by atoms with van der Waals surface area (Å²) in [5.41, 5.74) is -0.329. The second-order valence-electron chi connectivity index (χ2n) is 5.26. The number of fused-ring (bicyclic) bond motifs is 2. The predicted molar refractivity (Wildman–Crippen MR) is 64.1 cm³/mol. The third-order valence-electron chi connectivity index (χ3n) is 3.95. The van der Waals surface area contributed by atoms with Crippen LogP contribution in [0.3, 0.4) is 0 Å². The molecule has 0 aliphatic carbocycles. The molecule has 1 amide bonds. The largest absolute Gasteiger partial charge is 0.508 e. The monoisotopic (exact) mass is 304 g/mol. The average Bonchev–Trinajstić information content (AvgIpc) is 2.40. The smallest absolute Gasteiger partial charge is 0.290 e. The molecule has 0 bridgehead atoms. The van der Waals surface area contributed by atoms with Crippen molar-refractivity contribution in [3.8, 4) is 0 Å². The minimum atomic E-state index is -3.20. The van der Waals surface area contributed by atoms with Gasteiger partial charge in [-0.05, 0) is 6.92 Å².